The number of benzene rings is 2. The van der Waals surface area contributed by atoms with E-state index in [0.29, 0.717) is 52.8 Å². The first-order valence-electron chi connectivity index (χ1n) is 11.7. The monoisotopic (exact) mass is 510 g/mol. The minimum absolute atomic E-state index is 0.0574. The molecule has 4 rings (SSSR count). The van der Waals surface area contributed by atoms with E-state index < -0.39 is 11.7 Å². The van der Waals surface area contributed by atoms with Gasteiger partial charge >= 0.3 is 0 Å². The van der Waals surface area contributed by atoms with E-state index in [2.05, 4.69) is 20.8 Å². The van der Waals surface area contributed by atoms with Crippen molar-refractivity contribution in [3.63, 3.8) is 0 Å². The number of para-hydroxylation sites is 1. The smallest absolute Gasteiger partial charge is 0.262 e. The molecule has 2 N–H and O–H groups in total. The van der Waals surface area contributed by atoms with Crippen LogP contribution in [0.4, 0.5) is 10.1 Å². The molecule has 36 heavy (non-hydrogen) atoms. The predicted octanol–water partition coefficient (Wildman–Crippen LogP) is 3.71. The number of nitrogens with zero attached hydrogens (tertiary/aromatic N) is 4. The highest BCUT2D eigenvalue weighted by Crippen LogP contribution is 2.23. The van der Waals surface area contributed by atoms with Gasteiger partial charge in [0.15, 0.2) is 5.16 Å². The van der Waals surface area contributed by atoms with Gasteiger partial charge < -0.3 is 10.6 Å². The lowest BCUT2D eigenvalue weighted by atomic mass is 10.1. The quantitative estimate of drug-likeness (QED) is 0.332. The van der Waals surface area contributed by atoms with E-state index in [1.54, 1.807) is 34.7 Å². The third kappa shape index (κ3) is 5.25. The summed E-state index contributed by atoms with van der Waals surface area (Å²) < 4.78 is 17.1. The van der Waals surface area contributed by atoms with E-state index in [1.807, 2.05) is 20.8 Å². The van der Waals surface area contributed by atoms with E-state index in [-0.39, 0.29) is 22.9 Å². The molecule has 0 spiro atoms. The zero-order chi connectivity index (χ0) is 25.8. The second-order valence-corrected chi connectivity index (χ2v) is 9.67. The number of nitrogens with one attached hydrogen (secondary N) is 2. The second-order valence-electron chi connectivity index (χ2n) is 8.73. The number of anilines is 1. The maximum Gasteiger partial charge on any atom is 0.262 e. The highest BCUT2D eigenvalue weighted by molar-refractivity contribution is 7.99. The van der Waals surface area contributed by atoms with Crippen molar-refractivity contribution in [2.75, 3.05) is 17.6 Å². The first kappa shape index (κ1) is 25.4. The molecule has 2 amide bonds. The second kappa shape index (κ2) is 10.9. The molecule has 2 aromatic heterocycles. The number of hydrogen-bond donors (Lipinski definition) is 2. The molecule has 0 radical (unpaired) electrons. The van der Waals surface area contributed by atoms with Crippen LogP contribution in [0.3, 0.4) is 0 Å². The van der Waals surface area contributed by atoms with Crippen molar-refractivity contribution in [1.82, 2.24) is 24.5 Å². The third-order valence-electron chi connectivity index (χ3n) is 5.43. The van der Waals surface area contributed by atoms with Gasteiger partial charge in [0.25, 0.3) is 11.5 Å². The molecular formula is C25H27FN6O3S. The molecule has 188 valence electrons. The minimum Gasteiger partial charge on any atom is -0.352 e. The van der Waals surface area contributed by atoms with Crippen LogP contribution in [0.1, 0.15) is 37.6 Å². The van der Waals surface area contributed by atoms with Gasteiger partial charge in [-0.3, -0.25) is 23.4 Å². The van der Waals surface area contributed by atoms with Crippen LogP contribution >= 0.6 is 11.8 Å². The van der Waals surface area contributed by atoms with Crippen molar-refractivity contribution < 1.29 is 14.0 Å². The van der Waals surface area contributed by atoms with E-state index in [0.717, 1.165) is 11.8 Å². The molecule has 0 atom stereocenters. The largest absolute Gasteiger partial charge is 0.352 e. The van der Waals surface area contributed by atoms with Crippen LogP contribution in [0.2, 0.25) is 0 Å². The number of rotatable bonds is 9. The Balaban J connectivity index is 1.72. The van der Waals surface area contributed by atoms with Crippen LogP contribution in [0.15, 0.2) is 52.4 Å². The molecule has 11 heteroatoms. The number of carbonyl (C=O) groups is 2. The van der Waals surface area contributed by atoms with E-state index in [4.69, 9.17) is 0 Å². The molecule has 0 fully saturated rings. The minimum atomic E-state index is -0.526. The van der Waals surface area contributed by atoms with E-state index >= 15 is 0 Å². The van der Waals surface area contributed by atoms with Gasteiger partial charge in [-0.1, -0.05) is 44.7 Å². The lowest BCUT2D eigenvalue weighted by molar-refractivity contribution is -0.113. The number of halogens is 1. The number of aryl methyl sites for hydroxylation is 1. The van der Waals surface area contributed by atoms with Crippen molar-refractivity contribution in [2.24, 2.45) is 5.92 Å². The summed E-state index contributed by atoms with van der Waals surface area (Å²) in [6.07, 6.45) is 0.706. The average molecular weight is 511 g/mol. The molecule has 0 saturated heterocycles. The summed E-state index contributed by atoms with van der Waals surface area (Å²) in [4.78, 5) is 38.4. The summed E-state index contributed by atoms with van der Waals surface area (Å²) in [6, 6.07) is 10.8. The third-order valence-corrected chi connectivity index (χ3v) is 6.36. The predicted molar refractivity (Wildman–Crippen MR) is 138 cm³/mol. The summed E-state index contributed by atoms with van der Waals surface area (Å²) >= 11 is 1.10. The highest BCUT2D eigenvalue weighted by atomic mass is 32.2. The van der Waals surface area contributed by atoms with E-state index in [9.17, 15) is 18.8 Å². The summed E-state index contributed by atoms with van der Waals surface area (Å²) in [6.45, 7) is 6.92. The Morgan fingerprint density at radius 1 is 1.14 bits per heavy atom. The zero-order valence-electron chi connectivity index (χ0n) is 20.2. The first-order chi connectivity index (χ1) is 17.3. The first-order valence-corrected chi connectivity index (χ1v) is 12.7. The van der Waals surface area contributed by atoms with Crippen molar-refractivity contribution in [3.8, 4) is 0 Å². The molecule has 0 aliphatic rings. The fourth-order valence-corrected chi connectivity index (χ4v) is 4.46. The number of amides is 2. The Morgan fingerprint density at radius 3 is 2.64 bits per heavy atom. The molecule has 2 heterocycles. The summed E-state index contributed by atoms with van der Waals surface area (Å²) in [5.74, 6) is -0.630. The maximum absolute atomic E-state index is 13.9. The number of fused-ring (bicyclic) bond motifs is 3. The maximum atomic E-state index is 13.9. The van der Waals surface area contributed by atoms with Crippen LogP contribution in [0.25, 0.3) is 16.7 Å². The Bertz CT molecular complexity index is 1500. The molecule has 9 nitrogen and oxygen atoms in total. The highest BCUT2D eigenvalue weighted by Gasteiger charge is 2.19. The van der Waals surface area contributed by atoms with Crippen LogP contribution in [0, 0.1) is 11.7 Å². The number of hydrogen-bond acceptors (Lipinski definition) is 6. The summed E-state index contributed by atoms with van der Waals surface area (Å²) in [5.41, 5.74) is 0.740. The fraction of sp³-hybridized carbons (Fsp3) is 0.320. The molecule has 4 aromatic rings. The fourth-order valence-electron chi connectivity index (χ4n) is 3.72. The normalized spacial score (nSPS) is 11.4. The molecule has 0 aliphatic heterocycles. The average Bonchev–Trinajstić information content (AvgIpc) is 3.29. The number of aromatic nitrogens is 4. The molecule has 0 unspecified atom stereocenters. The van der Waals surface area contributed by atoms with Crippen LogP contribution < -0.4 is 16.2 Å². The van der Waals surface area contributed by atoms with Gasteiger partial charge in [0.05, 0.1) is 22.3 Å². The number of carbonyl (C=O) groups excluding carboxylic acids is 2. The van der Waals surface area contributed by atoms with Gasteiger partial charge in [-0.15, -0.1) is 10.2 Å². The SMILES string of the molecule is CCCn1c(=O)c2ccc(C(=O)NCC(C)C)cc2n2c(SCC(=O)Nc3ccccc3F)nnc12. The molecule has 2 aromatic carbocycles. The zero-order valence-corrected chi connectivity index (χ0v) is 21.1. The molecule has 0 aliphatic carbocycles. The van der Waals surface area contributed by atoms with Crippen molar-refractivity contribution in [1.29, 1.82) is 0 Å². The summed E-state index contributed by atoms with van der Waals surface area (Å²) in [5, 5.41) is 14.7. The van der Waals surface area contributed by atoms with Gasteiger partial charge in [0.1, 0.15) is 5.82 Å². The van der Waals surface area contributed by atoms with Gasteiger partial charge in [-0.05, 0) is 42.7 Å². The van der Waals surface area contributed by atoms with Gasteiger partial charge in [-0.25, -0.2) is 4.39 Å². The van der Waals surface area contributed by atoms with Crippen LogP contribution in [-0.4, -0.2) is 43.3 Å². The van der Waals surface area contributed by atoms with Gasteiger partial charge in [0.2, 0.25) is 11.7 Å². The Labute approximate surface area is 211 Å². The molecule has 0 saturated carbocycles. The van der Waals surface area contributed by atoms with Gasteiger partial charge in [-0.2, -0.15) is 0 Å². The molecule has 0 bridgehead atoms. The number of thioether (sulfide) groups is 1. The van der Waals surface area contributed by atoms with E-state index in [1.165, 1.54) is 16.7 Å². The Morgan fingerprint density at radius 2 is 1.92 bits per heavy atom. The topological polar surface area (TPSA) is 110 Å². The van der Waals surface area contributed by atoms with Crippen molar-refractivity contribution in [2.45, 2.75) is 38.9 Å². The van der Waals surface area contributed by atoms with Crippen LogP contribution in [-0.2, 0) is 11.3 Å². The van der Waals surface area contributed by atoms with Crippen molar-refractivity contribution in [3.05, 3.63) is 64.2 Å². The lowest BCUT2D eigenvalue weighted by Crippen LogP contribution is -2.28. The standard InChI is InChI=1S/C25H27FN6O3S/c1-4-11-31-23(35)17-10-9-16(22(34)27-13-15(2)3)12-20(17)32-24(31)29-30-25(32)36-14-21(33)28-19-8-6-5-7-18(19)26/h5-10,12,15H,4,11,13-14H2,1-3H3,(H,27,34)(H,28,33). The summed E-state index contributed by atoms with van der Waals surface area (Å²) in [7, 11) is 0. The van der Waals surface area contributed by atoms with Crippen LogP contribution in [0.5, 0.6) is 0 Å². The Hall–Kier alpha value is -3.73. The Kier molecular flexibility index (Phi) is 7.68. The van der Waals surface area contributed by atoms with Gasteiger partial charge in [0, 0.05) is 18.7 Å². The van der Waals surface area contributed by atoms with Crippen molar-refractivity contribution >= 4 is 45.9 Å². The molecular weight excluding hydrogens is 483 g/mol. The lowest BCUT2D eigenvalue weighted by Gasteiger charge is -2.12.